The third-order valence-corrected chi connectivity index (χ3v) is 6.56. The average molecular weight is 392 g/mol. The summed E-state index contributed by atoms with van der Waals surface area (Å²) in [6.45, 7) is 11.3. The van der Waals surface area contributed by atoms with Gasteiger partial charge in [-0.3, -0.25) is 4.98 Å². The maximum Gasteiger partial charge on any atom is 0.0783 e. The van der Waals surface area contributed by atoms with Gasteiger partial charge in [0, 0.05) is 17.1 Å². The summed E-state index contributed by atoms with van der Waals surface area (Å²) < 4.78 is 0. The van der Waals surface area contributed by atoms with Crippen molar-refractivity contribution >= 4 is 10.8 Å². The van der Waals surface area contributed by atoms with Gasteiger partial charge in [-0.15, -0.1) is 0 Å². The molecule has 0 saturated heterocycles. The van der Waals surface area contributed by atoms with E-state index in [4.69, 9.17) is 4.98 Å². The highest BCUT2D eigenvalue weighted by Crippen LogP contribution is 2.44. The second kappa shape index (κ2) is 7.09. The minimum atomic E-state index is 0.448. The molecule has 1 heteroatoms. The average Bonchev–Trinajstić information content (AvgIpc) is 3.10. The topological polar surface area (TPSA) is 12.9 Å². The van der Waals surface area contributed by atoms with Gasteiger partial charge in [0.2, 0.25) is 0 Å². The quantitative estimate of drug-likeness (QED) is 0.303. The van der Waals surface area contributed by atoms with Crippen molar-refractivity contribution in [1.29, 1.82) is 0 Å². The fourth-order valence-corrected chi connectivity index (χ4v) is 4.90. The molecule has 0 bridgehead atoms. The molecule has 5 rings (SSSR count). The van der Waals surface area contributed by atoms with Gasteiger partial charge in [0.25, 0.3) is 0 Å². The number of hydrogen-bond acceptors (Lipinski definition) is 1. The monoisotopic (exact) mass is 391 g/mol. The Kier molecular flexibility index (Phi) is 4.50. The summed E-state index contributed by atoms with van der Waals surface area (Å²) in [6.07, 6.45) is 3.10. The summed E-state index contributed by atoms with van der Waals surface area (Å²) in [5.74, 6) is 0.965. The molecule has 0 saturated carbocycles. The minimum Gasteiger partial charge on any atom is -0.255 e. The highest BCUT2D eigenvalue weighted by molar-refractivity contribution is 5.99. The van der Waals surface area contributed by atoms with Crippen molar-refractivity contribution in [2.24, 2.45) is 0 Å². The highest BCUT2D eigenvalue weighted by atomic mass is 14.7. The molecule has 150 valence electrons. The summed E-state index contributed by atoms with van der Waals surface area (Å²) >= 11 is 0. The van der Waals surface area contributed by atoms with Crippen molar-refractivity contribution in [2.75, 3.05) is 0 Å². The van der Waals surface area contributed by atoms with E-state index in [1.807, 2.05) is 0 Å². The molecule has 3 aromatic carbocycles. The Balaban J connectivity index is 1.80. The van der Waals surface area contributed by atoms with Gasteiger partial charge in [-0.1, -0.05) is 76.2 Å². The zero-order chi connectivity index (χ0) is 21.0. The molecule has 0 aliphatic heterocycles. The molecule has 1 heterocycles. The summed E-state index contributed by atoms with van der Waals surface area (Å²) in [6, 6.07) is 20.5. The molecule has 1 aliphatic carbocycles. The number of benzene rings is 3. The summed E-state index contributed by atoms with van der Waals surface area (Å²) in [5, 5.41) is 2.63. The number of pyridine rings is 1. The molecular weight excluding hydrogens is 362 g/mol. The van der Waals surface area contributed by atoms with Crippen LogP contribution in [0.5, 0.6) is 0 Å². The molecule has 0 fully saturated rings. The Bertz CT molecular complexity index is 1280. The summed E-state index contributed by atoms with van der Waals surface area (Å²) in [4.78, 5) is 5.05. The Morgan fingerprint density at radius 3 is 2.30 bits per heavy atom. The molecule has 30 heavy (non-hydrogen) atoms. The van der Waals surface area contributed by atoms with Gasteiger partial charge in [0.15, 0.2) is 0 Å². The van der Waals surface area contributed by atoms with E-state index in [0.717, 1.165) is 12.1 Å². The van der Waals surface area contributed by atoms with Gasteiger partial charge < -0.3 is 0 Å². The molecule has 4 aromatic rings. The van der Waals surface area contributed by atoms with Crippen LogP contribution < -0.4 is 0 Å². The van der Waals surface area contributed by atoms with Gasteiger partial charge in [-0.2, -0.15) is 0 Å². The number of aromatic nitrogens is 1. The predicted molar refractivity (Wildman–Crippen MR) is 128 cm³/mol. The lowest BCUT2D eigenvalue weighted by Crippen LogP contribution is -1.99. The lowest BCUT2D eigenvalue weighted by atomic mass is 9.89. The summed E-state index contributed by atoms with van der Waals surface area (Å²) in [7, 11) is 0. The van der Waals surface area contributed by atoms with Crippen LogP contribution in [-0.4, -0.2) is 4.98 Å². The molecule has 0 amide bonds. The molecule has 0 spiro atoms. The third-order valence-electron chi connectivity index (χ3n) is 6.56. The van der Waals surface area contributed by atoms with Crippen LogP contribution in [0.2, 0.25) is 0 Å². The first-order valence-electron chi connectivity index (χ1n) is 11.1. The molecule has 1 aromatic heterocycles. The SMILES string of the molecule is Cc1cc2c(c(-c3ncc(C(C)C)c4cc(C(C)C)ccc34)c1)Cc1ccccc1-2. The molecule has 1 aliphatic rings. The number of hydrogen-bond donors (Lipinski definition) is 0. The van der Waals surface area contributed by atoms with Crippen LogP contribution in [0.1, 0.15) is 67.3 Å². The van der Waals surface area contributed by atoms with Gasteiger partial charge in [-0.25, -0.2) is 0 Å². The number of rotatable bonds is 3. The first-order valence-corrected chi connectivity index (χ1v) is 11.1. The Morgan fingerprint density at radius 2 is 1.53 bits per heavy atom. The van der Waals surface area contributed by atoms with Crippen molar-refractivity contribution < 1.29 is 0 Å². The van der Waals surface area contributed by atoms with E-state index in [2.05, 4.69) is 95.4 Å². The van der Waals surface area contributed by atoms with E-state index < -0.39 is 0 Å². The molecular formula is C29H29N. The predicted octanol–water partition coefficient (Wildman–Crippen LogP) is 8.03. The van der Waals surface area contributed by atoms with Crippen LogP contribution in [0.15, 0.2) is 60.8 Å². The van der Waals surface area contributed by atoms with Gasteiger partial charge in [0.1, 0.15) is 0 Å². The van der Waals surface area contributed by atoms with Crippen LogP contribution >= 0.6 is 0 Å². The first-order chi connectivity index (χ1) is 14.4. The van der Waals surface area contributed by atoms with Crippen LogP contribution in [0.4, 0.5) is 0 Å². The normalized spacial score (nSPS) is 12.6. The molecule has 1 nitrogen and oxygen atoms in total. The maximum absolute atomic E-state index is 5.05. The lowest BCUT2D eigenvalue weighted by molar-refractivity contribution is 0.859. The molecule has 0 N–H and O–H groups in total. The lowest BCUT2D eigenvalue weighted by Gasteiger charge is -2.17. The molecule has 0 radical (unpaired) electrons. The number of fused-ring (bicyclic) bond motifs is 4. The van der Waals surface area contributed by atoms with Crippen LogP contribution in [-0.2, 0) is 6.42 Å². The largest absolute Gasteiger partial charge is 0.255 e. The van der Waals surface area contributed by atoms with Crippen LogP contribution in [0, 0.1) is 6.92 Å². The fourth-order valence-electron chi connectivity index (χ4n) is 4.90. The van der Waals surface area contributed by atoms with E-state index >= 15 is 0 Å². The number of aryl methyl sites for hydroxylation is 1. The zero-order valence-corrected chi connectivity index (χ0v) is 18.6. The molecule has 0 unspecified atom stereocenters. The highest BCUT2D eigenvalue weighted by Gasteiger charge is 2.24. The van der Waals surface area contributed by atoms with E-state index in [1.165, 1.54) is 55.3 Å². The second-order valence-corrected chi connectivity index (χ2v) is 9.35. The minimum absolute atomic E-state index is 0.448. The van der Waals surface area contributed by atoms with Crippen molar-refractivity contribution in [1.82, 2.24) is 4.98 Å². The summed E-state index contributed by atoms with van der Waals surface area (Å²) in [5.41, 5.74) is 12.0. The zero-order valence-electron chi connectivity index (χ0n) is 18.6. The number of nitrogens with zero attached hydrogens (tertiary/aromatic N) is 1. The van der Waals surface area contributed by atoms with Gasteiger partial charge >= 0.3 is 0 Å². The van der Waals surface area contributed by atoms with Gasteiger partial charge in [0.05, 0.1) is 5.69 Å². The van der Waals surface area contributed by atoms with Crippen molar-refractivity contribution in [3.8, 4) is 22.4 Å². The van der Waals surface area contributed by atoms with E-state index in [0.29, 0.717) is 11.8 Å². The Morgan fingerprint density at radius 1 is 0.767 bits per heavy atom. The molecule has 0 atom stereocenters. The second-order valence-electron chi connectivity index (χ2n) is 9.35. The Labute approximate surface area is 179 Å². The van der Waals surface area contributed by atoms with Crippen molar-refractivity contribution in [3.63, 3.8) is 0 Å². The van der Waals surface area contributed by atoms with Crippen molar-refractivity contribution in [3.05, 3.63) is 88.6 Å². The van der Waals surface area contributed by atoms with E-state index in [9.17, 15) is 0 Å². The van der Waals surface area contributed by atoms with Crippen LogP contribution in [0.25, 0.3) is 33.2 Å². The first kappa shape index (κ1) is 19.1. The fraction of sp³-hybridized carbons (Fsp3) is 0.276. The van der Waals surface area contributed by atoms with Crippen LogP contribution in [0.3, 0.4) is 0 Å². The van der Waals surface area contributed by atoms with E-state index in [1.54, 1.807) is 0 Å². The van der Waals surface area contributed by atoms with E-state index in [-0.39, 0.29) is 0 Å². The maximum atomic E-state index is 5.05. The Hall–Kier alpha value is -2.93. The third kappa shape index (κ3) is 2.96. The smallest absolute Gasteiger partial charge is 0.0783 e. The van der Waals surface area contributed by atoms with Crippen molar-refractivity contribution in [2.45, 2.75) is 52.9 Å². The standard InChI is InChI=1S/C29H29N/c1-17(2)20-10-11-23-25(14-20)28(18(3)4)16-30-29(23)27-13-19(5)12-24-22-9-7-6-8-21(22)15-26(24)27/h6-14,16-18H,15H2,1-5H3. The van der Waals surface area contributed by atoms with Gasteiger partial charge in [-0.05, 0) is 75.6 Å².